The Bertz CT molecular complexity index is 625. The molecule has 1 N–H and O–H groups in total. The molecule has 2 rings (SSSR count). The van der Waals surface area contributed by atoms with Crippen molar-refractivity contribution in [2.45, 2.75) is 27.7 Å². The van der Waals surface area contributed by atoms with Crippen LogP contribution in [0.25, 0.3) is 0 Å². The predicted molar refractivity (Wildman–Crippen MR) is 90.6 cm³/mol. The van der Waals surface area contributed by atoms with Crippen LogP contribution >= 0.6 is 0 Å². The Labute approximate surface area is 132 Å². The molecule has 1 amide bonds. The van der Waals surface area contributed by atoms with Crippen LogP contribution in [0.15, 0.2) is 42.5 Å². The van der Waals surface area contributed by atoms with Gasteiger partial charge < -0.3 is 10.1 Å². The maximum atomic E-state index is 12.3. The number of carbonyl (C=O) groups is 1. The molecule has 0 fully saturated rings. The summed E-state index contributed by atoms with van der Waals surface area (Å²) in [6.07, 6.45) is 0. The van der Waals surface area contributed by atoms with E-state index in [4.69, 9.17) is 4.74 Å². The van der Waals surface area contributed by atoms with E-state index in [2.05, 4.69) is 19.2 Å². The van der Waals surface area contributed by atoms with Crippen LogP contribution in [0.1, 0.15) is 35.3 Å². The van der Waals surface area contributed by atoms with Crippen LogP contribution in [0, 0.1) is 19.8 Å². The lowest BCUT2D eigenvalue weighted by Crippen LogP contribution is -2.13. The molecule has 0 heterocycles. The third-order valence-electron chi connectivity index (χ3n) is 3.42. The summed E-state index contributed by atoms with van der Waals surface area (Å²) >= 11 is 0. The molecule has 0 bridgehead atoms. The van der Waals surface area contributed by atoms with E-state index in [1.165, 1.54) is 0 Å². The molecule has 116 valence electrons. The Morgan fingerprint density at radius 2 is 1.64 bits per heavy atom. The topological polar surface area (TPSA) is 38.3 Å². The summed E-state index contributed by atoms with van der Waals surface area (Å²) in [4.78, 5) is 12.3. The molecule has 0 radical (unpaired) electrons. The Morgan fingerprint density at radius 3 is 2.18 bits per heavy atom. The highest BCUT2D eigenvalue weighted by atomic mass is 16.5. The fourth-order valence-corrected chi connectivity index (χ4v) is 2.16. The zero-order chi connectivity index (χ0) is 16.1. The van der Waals surface area contributed by atoms with Crippen molar-refractivity contribution in [2.75, 3.05) is 11.9 Å². The summed E-state index contributed by atoms with van der Waals surface area (Å²) in [5.41, 5.74) is 3.63. The lowest BCUT2D eigenvalue weighted by molar-refractivity contribution is 0.102. The van der Waals surface area contributed by atoms with Crippen LogP contribution in [0.5, 0.6) is 5.75 Å². The summed E-state index contributed by atoms with van der Waals surface area (Å²) in [6.45, 7) is 8.86. The predicted octanol–water partition coefficient (Wildman–Crippen LogP) is 4.59. The summed E-state index contributed by atoms with van der Waals surface area (Å²) < 4.78 is 5.63. The highest BCUT2D eigenvalue weighted by Gasteiger charge is 2.09. The van der Waals surface area contributed by atoms with Crippen LogP contribution in [0.3, 0.4) is 0 Å². The van der Waals surface area contributed by atoms with Gasteiger partial charge in [0, 0.05) is 11.3 Å². The van der Waals surface area contributed by atoms with E-state index in [1.54, 1.807) is 12.1 Å². The summed E-state index contributed by atoms with van der Waals surface area (Å²) in [6, 6.07) is 13.2. The number of benzene rings is 2. The second-order valence-electron chi connectivity index (χ2n) is 5.95. The van der Waals surface area contributed by atoms with Gasteiger partial charge in [0.2, 0.25) is 0 Å². The summed E-state index contributed by atoms with van der Waals surface area (Å²) in [5, 5.41) is 2.98. The SMILES string of the molecule is Cc1cccc(C)c1NC(=O)c1ccc(OCC(C)C)cc1. The molecule has 0 spiro atoms. The number of rotatable bonds is 5. The van der Waals surface area contributed by atoms with E-state index in [0.717, 1.165) is 22.6 Å². The Balaban J connectivity index is 2.07. The van der Waals surface area contributed by atoms with Gasteiger partial charge in [-0.25, -0.2) is 0 Å². The van der Waals surface area contributed by atoms with Crippen LogP contribution in [-0.2, 0) is 0 Å². The van der Waals surface area contributed by atoms with E-state index >= 15 is 0 Å². The molecule has 2 aromatic rings. The quantitative estimate of drug-likeness (QED) is 0.876. The molecular weight excluding hydrogens is 274 g/mol. The molecule has 0 aliphatic carbocycles. The smallest absolute Gasteiger partial charge is 0.255 e. The molecule has 0 aliphatic heterocycles. The van der Waals surface area contributed by atoms with Crippen molar-refractivity contribution in [3.63, 3.8) is 0 Å². The zero-order valence-electron chi connectivity index (χ0n) is 13.6. The number of hydrogen-bond acceptors (Lipinski definition) is 2. The molecule has 0 unspecified atom stereocenters. The lowest BCUT2D eigenvalue weighted by Gasteiger charge is -2.12. The van der Waals surface area contributed by atoms with Crippen LogP contribution < -0.4 is 10.1 Å². The van der Waals surface area contributed by atoms with Gasteiger partial charge in [0.1, 0.15) is 5.75 Å². The molecule has 3 heteroatoms. The van der Waals surface area contributed by atoms with Gasteiger partial charge in [0.15, 0.2) is 0 Å². The first kappa shape index (κ1) is 16.1. The number of nitrogens with one attached hydrogen (secondary N) is 1. The number of hydrogen-bond donors (Lipinski definition) is 1. The first-order valence-electron chi connectivity index (χ1n) is 7.58. The van der Waals surface area contributed by atoms with Crippen molar-refractivity contribution in [3.05, 3.63) is 59.2 Å². The van der Waals surface area contributed by atoms with Crippen LogP contribution in [-0.4, -0.2) is 12.5 Å². The molecule has 0 saturated carbocycles. The zero-order valence-corrected chi connectivity index (χ0v) is 13.6. The molecule has 22 heavy (non-hydrogen) atoms. The fraction of sp³-hybridized carbons (Fsp3) is 0.316. The van der Waals surface area contributed by atoms with Gasteiger partial charge in [0.05, 0.1) is 6.61 Å². The van der Waals surface area contributed by atoms with Gasteiger partial charge in [-0.05, 0) is 55.2 Å². The fourth-order valence-electron chi connectivity index (χ4n) is 2.16. The third-order valence-corrected chi connectivity index (χ3v) is 3.42. The van der Waals surface area contributed by atoms with E-state index in [-0.39, 0.29) is 5.91 Å². The molecule has 0 aromatic heterocycles. The highest BCUT2D eigenvalue weighted by molar-refractivity contribution is 6.05. The Morgan fingerprint density at radius 1 is 1.05 bits per heavy atom. The minimum atomic E-state index is -0.104. The molecule has 0 aliphatic rings. The summed E-state index contributed by atoms with van der Waals surface area (Å²) in [7, 11) is 0. The van der Waals surface area contributed by atoms with Gasteiger partial charge in [-0.15, -0.1) is 0 Å². The van der Waals surface area contributed by atoms with E-state index in [1.807, 2.05) is 44.2 Å². The molecule has 0 saturated heterocycles. The molecule has 3 nitrogen and oxygen atoms in total. The maximum Gasteiger partial charge on any atom is 0.255 e. The van der Waals surface area contributed by atoms with Gasteiger partial charge in [-0.1, -0.05) is 32.0 Å². The maximum absolute atomic E-state index is 12.3. The van der Waals surface area contributed by atoms with Crippen molar-refractivity contribution < 1.29 is 9.53 Å². The van der Waals surface area contributed by atoms with Gasteiger partial charge in [-0.3, -0.25) is 4.79 Å². The second-order valence-corrected chi connectivity index (χ2v) is 5.95. The number of carbonyl (C=O) groups excluding carboxylic acids is 1. The van der Waals surface area contributed by atoms with Crippen molar-refractivity contribution >= 4 is 11.6 Å². The monoisotopic (exact) mass is 297 g/mol. The average Bonchev–Trinajstić information content (AvgIpc) is 2.49. The third kappa shape index (κ3) is 4.10. The van der Waals surface area contributed by atoms with E-state index in [9.17, 15) is 4.79 Å². The second kappa shape index (κ2) is 7.12. The summed E-state index contributed by atoms with van der Waals surface area (Å²) in [5.74, 6) is 1.16. The number of para-hydroxylation sites is 1. The van der Waals surface area contributed by atoms with Crippen LogP contribution in [0.4, 0.5) is 5.69 Å². The van der Waals surface area contributed by atoms with Gasteiger partial charge in [0.25, 0.3) is 5.91 Å². The van der Waals surface area contributed by atoms with Crippen molar-refractivity contribution in [2.24, 2.45) is 5.92 Å². The standard InChI is InChI=1S/C19H23NO2/c1-13(2)12-22-17-10-8-16(9-11-17)19(21)20-18-14(3)6-5-7-15(18)4/h5-11,13H,12H2,1-4H3,(H,20,21). The largest absolute Gasteiger partial charge is 0.493 e. The number of anilines is 1. The Kier molecular flexibility index (Phi) is 5.21. The minimum Gasteiger partial charge on any atom is -0.493 e. The Hall–Kier alpha value is -2.29. The first-order chi connectivity index (χ1) is 10.5. The van der Waals surface area contributed by atoms with Crippen LogP contribution in [0.2, 0.25) is 0 Å². The van der Waals surface area contributed by atoms with Crippen molar-refractivity contribution in [1.29, 1.82) is 0 Å². The van der Waals surface area contributed by atoms with Crippen molar-refractivity contribution in [1.82, 2.24) is 0 Å². The highest BCUT2D eigenvalue weighted by Crippen LogP contribution is 2.21. The molecule has 0 atom stereocenters. The number of ether oxygens (including phenoxy) is 1. The van der Waals surface area contributed by atoms with E-state index < -0.39 is 0 Å². The molecular formula is C19H23NO2. The van der Waals surface area contributed by atoms with Gasteiger partial charge in [-0.2, -0.15) is 0 Å². The lowest BCUT2D eigenvalue weighted by atomic mass is 10.1. The first-order valence-corrected chi connectivity index (χ1v) is 7.58. The molecule has 2 aromatic carbocycles. The normalized spacial score (nSPS) is 10.6. The average molecular weight is 297 g/mol. The van der Waals surface area contributed by atoms with Crippen molar-refractivity contribution in [3.8, 4) is 5.75 Å². The van der Waals surface area contributed by atoms with E-state index in [0.29, 0.717) is 18.1 Å². The van der Waals surface area contributed by atoms with Gasteiger partial charge >= 0.3 is 0 Å². The number of amides is 1. The minimum absolute atomic E-state index is 0.104. The number of aryl methyl sites for hydroxylation is 2.